The molecule has 1 fully saturated rings. The summed E-state index contributed by atoms with van der Waals surface area (Å²) >= 11 is 8.02. The van der Waals surface area contributed by atoms with Crippen LogP contribution >= 0.6 is 23.4 Å². The van der Waals surface area contributed by atoms with Crippen molar-refractivity contribution < 1.29 is 4.74 Å². The van der Waals surface area contributed by atoms with E-state index in [9.17, 15) is 0 Å². The number of thioether (sulfide) groups is 1. The summed E-state index contributed by atoms with van der Waals surface area (Å²) in [6, 6.07) is 5.88. The van der Waals surface area contributed by atoms with Crippen molar-refractivity contribution >= 4 is 23.4 Å². The maximum atomic E-state index is 6.41. The Morgan fingerprint density at radius 2 is 2.33 bits per heavy atom. The van der Waals surface area contributed by atoms with Gasteiger partial charge in [0.05, 0.1) is 7.11 Å². The molecule has 0 amide bonds. The Kier molecular flexibility index (Phi) is 4.78. The first-order chi connectivity index (χ1) is 8.63. The Bertz CT molecular complexity index is 416. The van der Waals surface area contributed by atoms with Crippen molar-refractivity contribution in [2.75, 3.05) is 32.2 Å². The maximum absolute atomic E-state index is 6.41. The highest BCUT2D eigenvalue weighted by Gasteiger charge is 2.28. The summed E-state index contributed by atoms with van der Waals surface area (Å²) in [5, 5.41) is 0.701. The topological polar surface area (TPSA) is 38.5 Å². The summed E-state index contributed by atoms with van der Waals surface area (Å²) < 4.78 is 5.38. The van der Waals surface area contributed by atoms with Crippen LogP contribution < -0.4 is 10.5 Å². The maximum Gasteiger partial charge on any atom is 0.123 e. The highest BCUT2D eigenvalue weighted by atomic mass is 35.5. The number of benzene rings is 1. The summed E-state index contributed by atoms with van der Waals surface area (Å²) in [5.74, 6) is 3.04. The van der Waals surface area contributed by atoms with E-state index < -0.39 is 0 Å². The van der Waals surface area contributed by atoms with Crippen LogP contribution in [0.15, 0.2) is 18.2 Å². The normalized spacial score (nSPS) is 22.8. The molecule has 3 nitrogen and oxygen atoms in total. The van der Waals surface area contributed by atoms with Gasteiger partial charge in [-0.2, -0.15) is 11.8 Å². The second kappa shape index (κ2) is 6.15. The molecule has 0 aliphatic carbocycles. The molecule has 0 aromatic heterocycles. The number of hydrogen-bond acceptors (Lipinski definition) is 4. The van der Waals surface area contributed by atoms with Gasteiger partial charge in [0.2, 0.25) is 0 Å². The van der Waals surface area contributed by atoms with Crippen molar-refractivity contribution in [2.24, 2.45) is 5.73 Å². The first-order valence-corrected chi connectivity index (χ1v) is 7.53. The predicted molar refractivity (Wildman–Crippen MR) is 78.7 cm³/mol. The Balaban J connectivity index is 2.26. The summed E-state index contributed by atoms with van der Waals surface area (Å²) in [4.78, 5) is 2.32. The Labute approximate surface area is 118 Å². The summed E-state index contributed by atoms with van der Waals surface area (Å²) in [6.45, 7) is 1.08. The molecular formula is C13H19ClN2OS. The van der Waals surface area contributed by atoms with Gasteiger partial charge in [0, 0.05) is 40.7 Å². The monoisotopic (exact) mass is 286 g/mol. The van der Waals surface area contributed by atoms with Gasteiger partial charge in [-0.05, 0) is 25.2 Å². The van der Waals surface area contributed by atoms with Crippen molar-refractivity contribution in [1.29, 1.82) is 0 Å². The van der Waals surface area contributed by atoms with Gasteiger partial charge in [0.1, 0.15) is 5.75 Å². The van der Waals surface area contributed by atoms with Crippen LogP contribution in [0.2, 0.25) is 5.02 Å². The van der Waals surface area contributed by atoms with Crippen molar-refractivity contribution in [3.63, 3.8) is 0 Å². The first kappa shape index (κ1) is 14.0. The second-order valence-corrected chi connectivity index (χ2v) is 6.12. The van der Waals surface area contributed by atoms with Crippen LogP contribution in [0.1, 0.15) is 11.6 Å². The zero-order valence-electron chi connectivity index (χ0n) is 10.7. The number of likely N-dealkylation sites (N-methyl/N-ethyl adjacent to an activating group) is 1. The predicted octanol–water partition coefficient (Wildman–Crippen LogP) is 2.40. The zero-order chi connectivity index (χ0) is 13.1. The molecule has 2 unspecified atom stereocenters. The second-order valence-electron chi connectivity index (χ2n) is 4.53. The van der Waals surface area contributed by atoms with Crippen molar-refractivity contribution in [1.82, 2.24) is 4.90 Å². The van der Waals surface area contributed by atoms with Crippen molar-refractivity contribution in [3.8, 4) is 5.75 Å². The summed E-state index contributed by atoms with van der Waals surface area (Å²) in [5.41, 5.74) is 7.40. The van der Waals surface area contributed by atoms with E-state index in [4.69, 9.17) is 22.1 Å². The lowest BCUT2D eigenvalue weighted by atomic mass is 9.99. The number of rotatable bonds is 3. The fraction of sp³-hybridized carbons (Fsp3) is 0.538. The molecule has 1 aliphatic heterocycles. The zero-order valence-corrected chi connectivity index (χ0v) is 12.3. The van der Waals surface area contributed by atoms with Crippen LogP contribution in [0, 0.1) is 0 Å². The van der Waals surface area contributed by atoms with Gasteiger partial charge < -0.3 is 10.5 Å². The highest BCUT2D eigenvalue weighted by Crippen LogP contribution is 2.32. The molecule has 1 heterocycles. The molecule has 0 spiro atoms. The molecule has 1 aliphatic rings. The minimum atomic E-state index is -0.0727. The van der Waals surface area contributed by atoms with Gasteiger partial charge in [-0.25, -0.2) is 0 Å². The average Bonchev–Trinajstić information content (AvgIpc) is 2.38. The largest absolute Gasteiger partial charge is 0.496 e. The highest BCUT2D eigenvalue weighted by molar-refractivity contribution is 7.99. The van der Waals surface area contributed by atoms with E-state index >= 15 is 0 Å². The van der Waals surface area contributed by atoms with Crippen LogP contribution in [0.4, 0.5) is 0 Å². The molecule has 1 saturated heterocycles. The van der Waals surface area contributed by atoms with Crippen LogP contribution in [-0.4, -0.2) is 43.1 Å². The number of nitrogens with zero attached hydrogens (tertiary/aromatic N) is 1. The molecule has 18 heavy (non-hydrogen) atoms. The molecule has 100 valence electrons. The number of nitrogens with two attached hydrogens (primary N) is 1. The summed E-state index contributed by atoms with van der Waals surface area (Å²) in [7, 11) is 3.79. The van der Waals surface area contributed by atoms with E-state index in [1.165, 1.54) is 5.75 Å². The van der Waals surface area contributed by atoms with Crippen LogP contribution in [0.3, 0.4) is 0 Å². The quantitative estimate of drug-likeness (QED) is 0.926. The third-order valence-corrected chi connectivity index (χ3v) is 4.69. The standard InChI is InChI=1S/C13H19ClN2OS/c1-16-5-6-18-8-11(16)13(15)10-7-9(14)3-4-12(10)17-2/h3-4,7,11,13H,5-6,8,15H2,1-2H3. The van der Waals surface area contributed by atoms with E-state index in [-0.39, 0.29) is 6.04 Å². The minimum absolute atomic E-state index is 0.0727. The van der Waals surface area contributed by atoms with Crippen LogP contribution in [-0.2, 0) is 0 Å². The molecule has 2 rings (SSSR count). The van der Waals surface area contributed by atoms with E-state index in [0.717, 1.165) is 23.6 Å². The van der Waals surface area contributed by atoms with Gasteiger partial charge in [0.25, 0.3) is 0 Å². The fourth-order valence-corrected chi connectivity index (χ4v) is 3.72. The molecule has 2 N–H and O–H groups in total. The van der Waals surface area contributed by atoms with Crippen LogP contribution in [0.25, 0.3) is 0 Å². The van der Waals surface area contributed by atoms with Gasteiger partial charge in [-0.15, -0.1) is 0 Å². The van der Waals surface area contributed by atoms with Gasteiger partial charge >= 0.3 is 0 Å². The van der Waals surface area contributed by atoms with E-state index in [0.29, 0.717) is 11.1 Å². The number of ether oxygens (including phenoxy) is 1. The molecule has 1 aromatic carbocycles. The smallest absolute Gasteiger partial charge is 0.123 e. The van der Waals surface area contributed by atoms with Crippen molar-refractivity contribution in [2.45, 2.75) is 12.1 Å². The third-order valence-electron chi connectivity index (χ3n) is 3.41. The summed E-state index contributed by atoms with van der Waals surface area (Å²) in [6.07, 6.45) is 0. The number of hydrogen-bond donors (Lipinski definition) is 1. The number of halogens is 1. The molecule has 5 heteroatoms. The molecular weight excluding hydrogens is 268 g/mol. The molecule has 0 radical (unpaired) electrons. The fourth-order valence-electron chi connectivity index (χ4n) is 2.26. The lowest BCUT2D eigenvalue weighted by Crippen LogP contribution is -2.46. The Morgan fingerprint density at radius 3 is 3.00 bits per heavy atom. The Morgan fingerprint density at radius 1 is 1.56 bits per heavy atom. The lowest BCUT2D eigenvalue weighted by Gasteiger charge is -2.36. The van der Waals surface area contributed by atoms with E-state index in [1.807, 2.05) is 30.0 Å². The molecule has 0 bridgehead atoms. The van der Waals surface area contributed by atoms with Gasteiger partial charge in [-0.1, -0.05) is 11.6 Å². The molecule has 0 saturated carbocycles. The van der Waals surface area contributed by atoms with Gasteiger partial charge in [0.15, 0.2) is 0 Å². The molecule has 1 aromatic rings. The van der Waals surface area contributed by atoms with Crippen LogP contribution in [0.5, 0.6) is 5.75 Å². The van der Waals surface area contributed by atoms with Gasteiger partial charge in [-0.3, -0.25) is 4.90 Å². The first-order valence-electron chi connectivity index (χ1n) is 6.00. The SMILES string of the molecule is COc1ccc(Cl)cc1C(N)C1CSCCN1C. The molecule has 2 atom stereocenters. The Hall–Kier alpha value is -0.420. The van der Waals surface area contributed by atoms with Crippen molar-refractivity contribution in [3.05, 3.63) is 28.8 Å². The number of methoxy groups -OCH3 is 1. The lowest BCUT2D eigenvalue weighted by molar-refractivity contribution is 0.235. The van der Waals surface area contributed by atoms with E-state index in [2.05, 4.69) is 11.9 Å². The third kappa shape index (κ3) is 2.94. The van der Waals surface area contributed by atoms with E-state index in [1.54, 1.807) is 7.11 Å². The average molecular weight is 287 g/mol. The minimum Gasteiger partial charge on any atom is -0.496 e.